The summed E-state index contributed by atoms with van der Waals surface area (Å²) in [6.45, 7) is 2.60. The fourth-order valence-electron chi connectivity index (χ4n) is 1.80. The first-order valence-corrected chi connectivity index (χ1v) is 7.70. The average molecular weight is 335 g/mol. The molecule has 23 heavy (non-hydrogen) atoms. The number of aromatic nitrogens is 1. The van der Waals surface area contributed by atoms with E-state index in [2.05, 4.69) is 15.6 Å². The number of nitrogens with one attached hydrogen (secondary N) is 2. The lowest BCUT2D eigenvalue weighted by atomic mass is 10.1. The van der Waals surface area contributed by atoms with Crippen LogP contribution in [0, 0.1) is 6.92 Å². The molecule has 0 aliphatic rings. The maximum Gasteiger partial charge on any atom is 0.337 e. The van der Waals surface area contributed by atoms with Crippen LogP contribution < -0.4 is 10.6 Å². The largest absolute Gasteiger partial charge is 0.479 e. The van der Waals surface area contributed by atoms with Crippen LogP contribution in [0.25, 0.3) is 11.3 Å². The number of nitrogens with zero attached hydrogens (tertiary/aromatic N) is 1. The third kappa shape index (κ3) is 4.27. The Balaban J connectivity index is 2.09. The van der Waals surface area contributed by atoms with Crippen LogP contribution in [0.2, 0.25) is 0 Å². The zero-order chi connectivity index (χ0) is 17.0. The van der Waals surface area contributed by atoms with Crippen LogP contribution in [-0.4, -0.2) is 39.3 Å². The second kappa shape index (κ2) is 6.76. The summed E-state index contributed by atoms with van der Waals surface area (Å²) in [6, 6.07) is 6.55. The van der Waals surface area contributed by atoms with Gasteiger partial charge in [-0.15, -0.1) is 11.3 Å². The number of anilines is 1. The number of benzene rings is 1. The Morgan fingerprint density at radius 2 is 2.04 bits per heavy atom. The van der Waals surface area contributed by atoms with Crippen molar-refractivity contribution >= 4 is 29.0 Å². The highest BCUT2D eigenvalue weighted by molar-refractivity contribution is 7.09. The van der Waals surface area contributed by atoms with Crippen molar-refractivity contribution in [2.75, 3.05) is 11.9 Å². The fourth-order valence-corrected chi connectivity index (χ4v) is 2.41. The molecule has 7 nitrogen and oxygen atoms in total. The summed E-state index contributed by atoms with van der Waals surface area (Å²) in [5.41, 5.74) is 0.0336. The number of aliphatic hydroxyl groups is 1. The molecule has 0 radical (unpaired) electrons. The summed E-state index contributed by atoms with van der Waals surface area (Å²) in [5, 5.41) is 26.2. The number of amides is 2. The van der Waals surface area contributed by atoms with E-state index >= 15 is 0 Å². The van der Waals surface area contributed by atoms with Gasteiger partial charge in [0.25, 0.3) is 0 Å². The number of urea groups is 1. The van der Waals surface area contributed by atoms with Crippen LogP contribution in [-0.2, 0) is 4.79 Å². The number of hydrogen-bond acceptors (Lipinski definition) is 5. The third-order valence-electron chi connectivity index (χ3n) is 3.12. The Hall–Kier alpha value is -2.45. The number of carboxylic acid groups (broad SMARTS) is 1. The summed E-state index contributed by atoms with van der Waals surface area (Å²) in [5.74, 6) is -1.41. The van der Waals surface area contributed by atoms with E-state index < -0.39 is 24.1 Å². The molecule has 2 aromatic rings. The predicted molar refractivity (Wildman–Crippen MR) is 87.6 cm³/mol. The van der Waals surface area contributed by atoms with E-state index in [0.29, 0.717) is 5.69 Å². The van der Waals surface area contributed by atoms with Gasteiger partial charge < -0.3 is 20.8 Å². The van der Waals surface area contributed by atoms with E-state index in [-0.39, 0.29) is 0 Å². The van der Waals surface area contributed by atoms with E-state index in [1.54, 1.807) is 12.1 Å². The van der Waals surface area contributed by atoms with Crippen molar-refractivity contribution in [3.05, 3.63) is 34.7 Å². The number of carbonyl (C=O) groups excluding carboxylic acids is 1. The van der Waals surface area contributed by atoms with Gasteiger partial charge in [0.1, 0.15) is 0 Å². The second-order valence-electron chi connectivity index (χ2n) is 5.18. The zero-order valence-corrected chi connectivity index (χ0v) is 13.5. The predicted octanol–water partition coefficient (Wildman–Crippen LogP) is 2.08. The van der Waals surface area contributed by atoms with E-state index in [4.69, 9.17) is 5.11 Å². The number of para-hydroxylation sites is 1. The van der Waals surface area contributed by atoms with Gasteiger partial charge in [0, 0.05) is 10.9 Å². The monoisotopic (exact) mass is 335 g/mol. The molecule has 1 heterocycles. The van der Waals surface area contributed by atoms with Crippen molar-refractivity contribution < 1.29 is 19.8 Å². The van der Waals surface area contributed by atoms with Crippen LogP contribution in [0.4, 0.5) is 10.5 Å². The quantitative estimate of drug-likeness (QED) is 0.668. The van der Waals surface area contributed by atoms with Gasteiger partial charge in [0.05, 0.1) is 22.9 Å². The Morgan fingerprint density at radius 3 is 2.65 bits per heavy atom. The maximum atomic E-state index is 11.9. The van der Waals surface area contributed by atoms with Crippen LogP contribution in [0.15, 0.2) is 29.6 Å². The van der Waals surface area contributed by atoms with Gasteiger partial charge in [-0.2, -0.15) is 0 Å². The minimum Gasteiger partial charge on any atom is -0.479 e. The molecule has 1 aromatic carbocycles. The van der Waals surface area contributed by atoms with Crippen molar-refractivity contribution in [3.8, 4) is 11.3 Å². The van der Waals surface area contributed by atoms with Gasteiger partial charge in [0.2, 0.25) is 0 Å². The smallest absolute Gasteiger partial charge is 0.337 e. The molecule has 0 saturated heterocycles. The van der Waals surface area contributed by atoms with Gasteiger partial charge in [-0.1, -0.05) is 18.2 Å². The fraction of sp³-hybridized carbons (Fsp3) is 0.267. The maximum absolute atomic E-state index is 11.9. The molecular weight excluding hydrogens is 318 g/mol. The molecule has 1 aromatic heterocycles. The lowest BCUT2D eigenvalue weighted by molar-refractivity contribution is -0.155. The summed E-state index contributed by atoms with van der Waals surface area (Å²) in [6.07, 6.45) is 0. The zero-order valence-electron chi connectivity index (χ0n) is 12.7. The average Bonchev–Trinajstić information content (AvgIpc) is 2.92. The molecule has 1 atom stereocenters. The SMILES string of the molecule is Cc1nc(-c2ccccc2NC(=O)NCC(C)(O)C(=O)O)cs1. The Bertz CT molecular complexity index is 727. The number of aryl methyl sites for hydroxylation is 1. The van der Waals surface area contributed by atoms with Crippen LogP contribution >= 0.6 is 11.3 Å². The van der Waals surface area contributed by atoms with Gasteiger partial charge >= 0.3 is 12.0 Å². The number of hydrogen-bond donors (Lipinski definition) is 4. The van der Waals surface area contributed by atoms with Crippen LogP contribution in [0.3, 0.4) is 0 Å². The lowest BCUT2D eigenvalue weighted by Crippen LogP contribution is -2.47. The Kier molecular flexibility index (Phi) is 4.97. The highest BCUT2D eigenvalue weighted by Gasteiger charge is 2.30. The molecule has 0 aliphatic heterocycles. The molecule has 122 valence electrons. The Labute approximate surface area is 137 Å². The summed E-state index contributed by atoms with van der Waals surface area (Å²) >= 11 is 1.51. The highest BCUT2D eigenvalue weighted by Crippen LogP contribution is 2.28. The normalized spacial score (nSPS) is 13.2. The first-order chi connectivity index (χ1) is 10.8. The number of carbonyl (C=O) groups is 2. The van der Waals surface area contributed by atoms with E-state index in [1.807, 2.05) is 24.4 Å². The van der Waals surface area contributed by atoms with Crippen molar-refractivity contribution in [1.82, 2.24) is 10.3 Å². The molecule has 1 unspecified atom stereocenters. The second-order valence-corrected chi connectivity index (χ2v) is 6.25. The number of thiazole rings is 1. The molecule has 8 heteroatoms. The van der Waals surface area contributed by atoms with Crippen LogP contribution in [0.5, 0.6) is 0 Å². The van der Waals surface area contributed by atoms with E-state index in [9.17, 15) is 14.7 Å². The Morgan fingerprint density at radius 1 is 1.35 bits per heavy atom. The van der Waals surface area contributed by atoms with Gasteiger partial charge in [0.15, 0.2) is 5.60 Å². The standard InChI is InChI=1S/C15H17N3O4S/c1-9-17-12(7-23-9)10-5-3-4-6-11(10)18-14(21)16-8-15(2,22)13(19)20/h3-7,22H,8H2,1-2H3,(H,19,20)(H2,16,18,21). The number of aliphatic carboxylic acids is 1. The van der Waals surface area contributed by atoms with E-state index in [1.165, 1.54) is 11.3 Å². The van der Waals surface area contributed by atoms with Crippen LogP contribution in [0.1, 0.15) is 11.9 Å². The first kappa shape index (κ1) is 16.9. The lowest BCUT2D eigenvalue weighted by Gasteiger charge is -2.18. The summed E-state index contributed by atoms with van der Waals surface area (Å²) in [7, 11) is 0. The molecule has 0 fully saturated rings. The molecular formula is C15H17N3O4S. The van der Waals surface area contributed by atoms with Gasteiger partial charge in [-0.3, -0.25) is 0 Å². The van der Waals surface area contributed by atoms with Crippen molar-refractivity contribution in [2.24, 2.45) is 0 Å². The first-order valence-electron chi connectivity index (χ1n) is 6.82. The molecule has 0 saturated carbocycles. The number of carboxylic acids is 1. The van der Waals surface area contributed by atoms with E-state index in [0.717, 1.165) is 23.2 Å². The molecule has 0 spiro atoms. The molecule has 0 aliphatic carbocycles. The van der Waals surface area contributed by atoms with Gasteiger partial charge in [-0.05, 0) is 19.9 Å². The minimum absolute atomic E-state index is 0.411. The van der Waals surface area contributed by atoms with Gasteiger partial charge in [-0.25, -0.2) is 14.6 Å². The molecule has 2 rings (SSSR count). The molecule has 0 bridgehead atoms. The minimum atomic E-state index is -2.02. The molecule has 4 N–H and O–H groups in total. The van der Waals surface area contributed by atoms with Crippen molar-refractivity contribution in [2.45, 2.75) is 19.4 Å². The summed E-state index contributed by atoms with van der Waals surface area (Å²) < 4.78 is 0. The third-order valence-corrected chi connectivity index (χ3v) is 3.90. The van der Waals surface area contributed by atoms with Crippen molar-refractivity contribution in [3.63, 3.8) is 0 Å². The summed E-state index contributed by atoms with van der Waals surface area (Å²) in [4.78, 5) is 27.1. The number of rotatable bonds is 5. The molecule has 2 amide bonds. The highest BCUT2D eigenvalue weighted by atomic mass is 32.1. The van der Waals surface area contributed by atoms with Crippen molar-refractivity contribution in [1.29, 1.82) is 0 Å². The topological polar surface area (TPSA) is 112 Å².